The van der Waals surface area contributed by atoms with Gasteiger partial charge in [-0.25, -0.2) is 0 Å². The van der Waals surface area contributed by atoms with Crippen molar-refractivity contribution in [2.24, 2.45) is 0 Å². The van der Waals surface area contributed by atoms with E-state index in [4.69, 9.17) is 14.2 Å². The van der Waals surface area contributed by atoms with Gasteiger partial charge in [0.2, 0.25) is 0 Å². The molecule has 67 heavy (non-hydrogen) atoms. The summed E-state index contributed by atoms with van der Waals surface area (Å²) in [6, 6.07) is 0. The minimum absolute atomic E-state index is 0.0667. The highest BCUT2D eigenvalue weighted by atomic mass is 16.6. The summed E-state index contributed by atoms with van der Waals surface area (Å²) < 4.78 is 16.8. The lowest BCUT2D eigenvalue weighted by Gasteiger charge is -2.18. The van der Waals surface area contributed by atoms with Crippen molar-refractivity contribution in [3.63, 3.8) is 0 Å². The van der Waals surface area contributed by atoms with Crippen LogP contribution in [0.4, 0.5) is 0 Å². The minimum atomic E-state index is -0.765. The van der Waals surface area contributed by atoms with Gasteiger partial charge in [0.15, 0.2) is 6.10 Å². The lowest BCUT2D eigenvalue weighted by atomic mass is 10.0. The molecule has 0 N–H and O–H groups in total. The first-order valence-electron chi connectivity index (χ1n) is 29.8. The monoisotopic (exact) mass is 943 g/mol. The molecular weight excluding hydrogens is 829 g/mol. The van der Waals surface area contributed by atoms with Gasteiger partial charge in [-0.3, -0.25) is 14.4 Å². The molecule has 0 bridgehead atoms. The number of rotatable bonds is 55. The molecule has 0 aliphatic carbocycles. The Morgan fingerprint density at radius 1 is 0.299 bits per heavy atom. The molecule has 6 nitrogen and oxygen atoms in total. The number of unbranched alkanes of at least 4 members (excludes halogenated alkanes) is 40. The van der Waals surface area contributed by atoms with Gasteiger partial charge in [-0.05, 0) is 51.4 Å². The Morgan fingerprint density at radius 2 is 0.537 bits per heavy atom. The Morgan fingerprint density at radius 3 is 0.821 bits per heavy atom. The highest BCUT2D eigenvalue weighted by molar-refractivity contribution is 5.71. The second kappa shape index (κ2) is 56.5. The van der Waals surface area contributed by atoms with Crippen molar-refractivity contribution in [1.82, 2.24) is 0 Å². The van der Waals surface area contributed by atoms with Crippen molar-refractivity contribution in [2.45, 2.75) is 335 Å². The maximum Gasteiger partial charge on any atom is 0.306 e. The zero-order valence-electron chi connectivity index (χ0n) is 45.2. The van der Waals surface area contributed by atoms with Crippen LogP contribution in [0.2, 0.25) is 0 Å². The first-order chi connectivity index (χ1) is 33.0. The van der Waals surface area contributed by atoms with Gasteiger partial charge in [-0.15, -0.1) is 0 Å². The van der Waals surface area contributed by atoms with Crippen molar-refractivity contribution in [3.8, 4) is 0 Å². The summed E-state index contributed by atoms with van der Waals surface area (Å²) in [6.07, 6.45) is 66.2. The van der Waals surface area contributed by atoms with Crippen molar-refractivity contribution in [2.75, 3.05) is 13.2 Å². The van der Waals surface area contributed by atoms with Gasteiger partial charge in [-0.2, -0.15) is 0 Å². The Bertz CT molecular complexity index is 1080. The first-order valence-corrected chi connectivity index (χ1v) is 29.8. The summed E-state index contributed by atoms with van der Waals surface area (Å²) in [5, 5.41) is 0. The lowest BCUT2D eigenvalue weighted by molar-refractivity contribution is -0.167. The topological polar surface area (TPSA) is 78.9 Å². The summed E-state index contributed by atoms with van der Waals surface area (Å²) in [5.41, 5.74) is 0. The Balaban J connectivity index is 4.16. The number of allylic oxidation sites excluding steroid dienone is 4. The number of ether oxygens (including phenoxy) is 3. The standard InChI is InChI=1S/C61H114O6/c1-4-7-10-13-16-19-21-23-25-27-29-30-31-32-33-35-36-38-40-42-45-48-51-54-60(63)66-57-58(56-65-59(62)53-50-47-44-18-15-12-9-6-3)67-61(64)55-52-49-46-43-41-39-37-34-28-26-24-22-20-17-14-11-8-5-2/h21,23,27,29,58H,4-20,22,24-26,28,30-57H2,1-3H3/b23-21-,29-27-. The summed E-state index contributed by atoms with van der Waals surface area (Å²) >= 11 is 0. The fourth-order valence-electron chi connectivity index (χ4n) is 8.95. The van der Waals surface area contributed by atoms with Crippen LogP contribution in [0.3, 0.4) is 0 Å². The molecule has 6 heteroatoms. The van der Waals surface area contributed by atoms with Gasteiger partial charge >= 0.3 is 17.9 Å². The maximum absolute atomic E-state index is 12.8. The zero-order valence-corrected chi connectivity index (χ0v) is 45.2. The van der Waals surface area contributed by atoms with Gasteiger partial charge in [0.05, 0.1) is 0 Å². The average molecular weight is 944 g/mol. The summed E-state index contributed by atoms with van der Waals surface area (Å²) in [5.74, 6) is -0.852. The van der Waals surface area contributed by atoms with Gasteiger partial charge in [0.25, 0.3) is 0 Å². The van der Waals surface area contributed by atoms with Crippen molar-refractivity contribution in [3.05, 3.63) is 24.3 Å². The van der Waals surface area contributed by atoms with Crippen molar-refractivity contribution >= 4 is 17.9 Å². The number of hydrogen-bond acceptors (Lipinski definition) is 6. The molecule has 1 unspecified atom stereocenters. The predicted octanol–water partition coefficient (Wildman–Crippen LogP) is 19.9. The zero-order chi connectivity index (χ0) is 48.6. The van der Waals surface area contributed by atoms with E-state index in [0.717, 1.165) is 64.2 Å². The normalized spacial score (nSPS) is 12.1. The summed E-state index contributed by atoms with van der Waals surface area (Å²) in [4.78, 5) is 38.0. The van der Waals surface area contributed by atoms with Crippen LogP contribution in [0, 0.1) is 0 Å². The fourth-order valence-corrected chi connectivity index (χ4v) is 8.95. The van der Waals surface area contributed by atoms with E-state index in [1.807, 2.05) is 0 Å². The Labute approximate surface area is 417 Å². The molecule has 0 amide bonds. The molecule has 0 fully saturated rings. The van der Waals surface area contributed by atoms with Crippen LogP contribution in [0.1, 0.15) is 329 Å². The van der Waals surface area contributed by atoms with Crippen LogP contribution in [0.5, 0.6) is 0 Å². The smallest absolute Gasteiger partial charge is 0.306 e. The predicted molar refractivity (Wildman–Crippen MR) is 289 cm³/mol. The molecule has 0 aliphatic rings. The van der Waals surface area contributed by atoms with Crippen molar-refractivity contribution in [1.29, 1.82) is 0 Å². The third-order valence-electron chi connectivity index (χ3n) is 13.5. The highest BCUT2D eigenvalue weighted by Crippen LogP contribution is 2.17. The van der Waals surface area contributed by atoms with Crippen molar-refractivity contribution < 1.29 is 28.6 Å². The van der Waals surface area contributed by atoms with Crippen LogP contribution >= 0.6 is 0 Å². The van der Waals surface area contributed by atoms with E-state index in [1.54, 1.807) is 0 Å². The number of esters is 3. The van der Waals surface area contributed by atoms with Gasteiger partial charge in [0.1, 0.15) is 13.2 Å². The molecule has 0 aromatic rings. The molecule has 0 spiro atoms. The highest BCUT2D eigenvalue weighted by Gasteiger charge is 2.19. The third-order valence-corrected chi connectivity index (χ3v) is 13.5. The van der Waals surface area contributed by atoms with E-state index < -0.39 is 6.10 Å². The Kier molecular flexibility index (Phi) is 54.7. The van der Waals surface area contributed by atoms with Gasteiger partial charge < -0.3 is 14.2 Å². The molecular formula is C61H114O6. The van der Waals surface area contributed by atoms with Crippen LogP contribution in [0.15, 0.2) is 24.3 Å². The molecule has 0 aromatic carbocycles. The Hall–Kier alpha value is -2.11. The number of carbonyl (C=O) groups excluding carboxylic acids is 3. The second-order valence-electron chi connectivity index (χ2n) is 20.3. The van der Waals surface area contributed by atoms with Crippen LogP contribution in [-0.4, -0.2) is 37.2 Å². The molecule has 0 aliphatic heterocycles. The van der Waals surface area contributed by atoms with Gasteiger partial charge in [0, 0.05) is 19.3 Å². The molecule has 0 rings (SSSR count). The van der Waals surface area contributed by atoms with Crippen LogP contribution < -0.4 is 0 Å². The number of carbonyl (C=O) groups is 3. The average Bonchev–Trinajstić information content (AvgIpc) is 3.33. The van der Waals surface area contributed by atoms with Gasteiger partial charge in [-0.1, -0.05) is 283 Å². The van der Waals surface area contributed by atoms with E-state index in [0.29, 0.717) is 19.3 Å². The lowest BCUT2D eigenvalue weighted by Crippen LogP contribution is -2.30. The molecule has 0 saturated heterocycles. The van der Waals surface area contributed by atoms with E-state index in [1.165, 1.54) is 225 Å². The van der Waals surface area contributed by atoms with Crippen LogP contribution in [-0.2, 0) is 28.6 Å². The largest absolute Gasteiger partial charge is 0.462 e. The van der Waals surface area contributed by atoms with E-state index >= 15 is 0 Å². The summed E-state index contributed by atoms with van der Waals surface area (Å²) in [7, 11) is 0. The SMILES string of the molecule is CCCCCCC/C=C\C/C=C\CCCCCCCCCCCCCC(=O)OCC(COC(=O)CCCCCCCCCC)OC(=O)CCCCCCCCCCCCCCCCCCCC. The van der Waals surface area contributed by atoms with E-state index in [2.05, 4.69) is 45.1 Å². The fraction of sp³-hybridized carbons (Fsp3) is 0.885. The van der Waals surface area contributed by atoms with Crippen LogP contribution in [0.25, 0.3) is 0 Å². The molecule has 0 saturated carbocycles. The quantitative estimate of drug-likeness (QED) is 0.0262. The third kappa shape index (κ3) is 54.7. The minimum Gasteiger partial charge on any atom is -0.462 e. The maximum atomic E-state index is 12.8. The molecule has 0 aromatic heterocycles. The molecule has 394 valence electrons. The molecule has 0 heterocycles. The van der Waals surface area contributed by atoms with E-state index in [-0.39, 0.29) is 31.1 Å². The molecule has 1 atom stereocenters. The second-order valence-corrected chi connectivity index (χ2v) is 20.3. The summed E-state index contributed by atoms with van der Waals surface area (Å²) in [6.45, 7) is 6.65. The first kappa shape index (κ1) is 64.9. The molecule has 0 radical (unpaired) electrons. The number of hydrogen-bond donors (Lipinski definition) is 0. The van der Waals surface area contributed by atoms with E-state index in [9.17, 15) is 14.4 Å².